The van der Waals surface area contributed by atoms with Crippen LogP contribution in [0.1, 0.15) is 38.3 Å². The number of nitrogens with zero attached hydrogens (tertiary/aromatic N) is 1. The van der Waals surface area contributed by atoms with E-state index in [1.54, 1.807) is 4.90 Å². The lowest BCUT2D eigenvalue weighted by Crippen LogP contribution is -3.11. The van der Waals surface area contributed by atoms with Gasteiger partial charge in [-0.2, -0.15) is 0 Å². The van der Waals surface area contributed by atoms with Gasteiger partial charge in [-0.1, -0.05) is 26.0 Å². The normalized spacial score (nSPS) is 16.8. The zero-order chi connectivity index (χ0) is 16.1. The van der Waals surface area contributed by atoms with E-state index in [2.05, 4.69) is 48.6 Å². The van der Waals surface area contributed by atoms with Crippen molar-refractivity contribution in [2.75, 3.05) is 38.6 Å². The predicted octanol–water partition coefficient (Wildman–Crippen LogP) is 1.24. The summed E-state index contributed by atoms with van der Waals surface area (Å²) in [6, 6.07) is 9.13. The van der Waals surface area contributed by atoms with Crippen LogP contribution in [0, 0.1) is 5.92 Å². The molecule has 1 aromatic carbocycles. The minimum absolute atomic E-state index is 0.0466. The van der Waals surface area contributed by atoms with Crippen molar-refractivity contribution in [3.8, 4) is 0 Å². The largest absolute Gasteiger partial charge is 0.378 e. The van der Waals surface area contributed by atoms with Gasteiger partial charge in [0.1, 0.15) is 6.04 Å². The van der Waals surface area contributed by atoms with Crippen molar-refractivity contribution in [2.24, 2.45) is 5.92 Å². The number of benzene rings is 1. The molecule has 0 spiro atoms. The van der Waals surface area contributed by atoms with Crippen LogP contribution in [-0.2, 0) is 4.79 Å². The van der Waals surface area contributed by atoms with Crippen LogP contribution in [0.4, 0.5) is 5.69 Å². The molecule has 1 aliphatic rings. The van der Waals surface area contributed by atoms with Crippen molar-refractivity contribution in [1.82, 2.24) is 5.32 Å². The Labute approximate surface area is 134 Å². The third-order valence-electron chi connectivity index (χ3n) is 4.56. The average molecular weight is 304 g/mol. The van der Waals surface area contributed by atoms with Crippen LogP contribution in [0.15, 0.2) is 24.3 Å². The summed E-state index contributed by atoms with van der Waals surface area (Å²) in [5.41, 5.74) is 2.54. The molecule has 0 aliphatic carbocycles. The zero-order valence-electron chi connectivity index (χ0n) is 14.4. The van der Waals surface area contributed by atoms with E-state index in [1.165, 1.54) is 37.2 Å². The highest BCUT2D eigenvalue weighted by Gasteiger charge is 2.28. The molecule has 122 valence electrons. The molecule has 22 heavy (non-hydrogen) atoms. The van der Waals surface area contributed by atoms with Crippen molar-refractivity contribution in [2.45, 2.75) is 32.7 Å². The Kier molecular flexibility index (Phi) is 5.83. The van der Waals surface area contributed by atoms with Gasteiger partial charge in [0.2, 0.25) is 5.91 Å². The summed E-state index contributed by atoms with van der Waals surface area (Å²) in [5, 5.41) is 3.12. The third-order valence-corrected chi connectivity index (χ3v) is 4.56. The fourth-order valence-corrected chi connectivity index (χ4v) is 3.09. The zero-order valence-corrected chi connectivity index (χ0v) is 14.4. The maximum atomic E-state index is 11.9. The second-order valence-corrected chi connectivity index (χ2v) is 6.80. The highest BCUT2D eigenvalue weighted by atomic mass is 16.1. The topological polar surface area (TPSA) is 36.8 Å². The molecule has 1 heterocycles. The van der Waals surface area contributed by atoms with Gasteiger partial charge in [0.25, 0.3) is 0 Å². The van der Waals surface area contributed by atoms with E-state index in [-0.39, 0.29) is 11.8 Å². The van der Waals surface area contributed by atoms with Crippen LogP contribution in [0.2, 0.25) is 0 Å². The van der Waals surface area contributed by atoms with E-state index in [1.807, 2.05) is 13.8 Å². The van der Waals surface area contributed by atoms with Crippen molar-refractivity contribution in [3.05, 3.63) is 29.8 Å². The molecule has 1 amide bonds. The first-order chi connectivity index (χ1) is 10.5. The number of carbonyl (C=O) groups is 1. The van der Waals surface area contributed by atoms with Gasteiger partial charge in [-0.05, 0) is 12.1 Å². The quantitative estimate of drug-likeness (QED) is 0.830. The number of nitrogens with one attached hydrogen (secondary N) is 2. The molecule has 0 saturated carbocycles. The lowest BCUT2D eigenvalue weighted by atomic mass is 10.0. The number of quaternary nitrogens is 1. The minimum Gasteiger partial charge on any atom is -0.378 e. The Morgan fingerprint density at radius 3 is 2.27 bits per heavy atom. The van der Waals surface area contributed by atoms with E-state index < -0.39 is 0 Å². The summed E-state index contributed by atoms with van der Waals surface area (Å²) in [6.07, 6.45) is 2.58. The Morgan fingerprint density at radius 2 is 1.77 bits per heavy atom. The second kappa shape index (κ2) is 7.63. The van der Waals surface area contributed by atoms with Crippen molar-refractivity contribution >= 4 is 11.6 Å². The molecule has 4 heteroatoms. The van der Waals surface area contributed by atoms with Gasteiger partial charge >= 0.3 is 0 Å². The van der Waals surface area contributed by atoms with Crippen LogP contribution < -0.4 is 15.1 Å². The van der Waals surface area contributed by atoms with Crippen molar-refractivity contribution < 1.29 is 9.69 Å². The van der Waals surface area contributed by atoms with Crippen LogP contribution in [0.3, 0.4) is 0 Å². The molecule has 1 atom stereocenters. The van der Waals surface area contributed by atoms with Crippen LogP contribution in [0.25, 0.3) is 0 Å². The summed E-state index contributed by atoms with van der Waals surface area (Å²) in [7, 11) is 4.11. The van der Waals surface area contributed by atoms with Gasteiger partial charge in [-0.25, -0.2) is 0 Å². The number of hydrogen-bond donors (Lipinski definition) is 2. The first-order valence-electron chi connectivity index (χ1n) is 8.38. The summed E-state index contributed by atoms with van der Waals surface area (Å²) in [5.74, 6) is 0.193. The number of rotatable bonds is 6. The molecule has 1 aliphatic heterocycles. The van der Waals surface area contributed by atoms with Gasteiger partial charge in [-0.15, -0.1) is 0 Å². The second-order valence-electron chi connectivity index (χ2n) is 6.80. The predicted molar refractivity (Wildman–Crippen MR) is 91.3 cm³/mol. The fourth-order valence-electron chi connectivity index (χ4n) is 3.09. The maximum absolute atomic E-state index is 11.9. The fraction of sp³-hybridized carbons (Fsp3) is 0.611. The third kappa shape index (κ3) is 4.23. The Hall–Kier alpha value is -1.55. The lowest BCUT2D eigenvalue weighted by Gasteiger charge is -2.26. The molecule has 0 radical (unpaired) electrons. The molecule has 1 fully saturated rings. The SMILES string of the molecule is CC(C)C(=O)NC[C@H](c1ccc(N(C)C)cc1)[NH+]1CCCC1. The summed E-state index contributed by atoms with van der Waals surface area (Å²) >= 11 is 0. The summed E-state index contributed by atoms with van der Waals surface area (Å²) in [4.78, 5) is 15.6. The highest BCUT2D eigenvalue weighted by Crippen LogP contribution is 2.17. The van der Waals surface area contributed by atoms with Crippen molar-refractivity contribution in [1.29, 1.82) is 0 Å². The van der Waals surface area contributed by atoms with E-state index in [0.29, 0.717) is 6.04 Å². The van der Waals surface area contributed by atoms with Gasteiger partial charge < -0.3 is 15.1 Å². The first-order valence-corrected chi connectivity index (χ1v) is 8.38. The van der Waals surface area contributed by atoms with Gasteiger partial charge in [0, 0.05) is 44.1 Å². The van der Waals surface area contributed by atoms with E-state index in [0.717, 1.165) is 6.54 Å². The Balaban J connectivity index is 2.11. The Morgan fingerprint density at radius 1 is 1.18 bits per heavy atom. The molecule has 0 aromatic heterocycles. The number of carbonyl (C=O) groups excluding carboxylic acids is 1. The number of amides is 1. The van der Waals surface area contributed by atoms with Crippen LogP contribution in [0.5, 0.6) is 0 Å². The molecule has 1 aromatic rings. The maximum Gasteiger partial charge on any atom is 0.222 e. The van der Waals surface area contributed by atoms with Crippen molar-refractivity contribution in [3.63, 3.8) is 0 Å². The molecular weight excluding hydrogens is 274 g/mol. The molecule has 1 saturated heterocycles. The molecule has 4 nitrogen and oxygen atoms in total. The van der Waals surface area contributed by atoms with Crippen LogP contribution in [-0.4, -0.2) is 39.6 Å². The van der Waals surface area contributed by atoms with E-state index in [4.69, 9.17) is 0 Å². The monoisotopic (exact) mass is 304 g/mol. The average Bonchev–Trinajstić information content (AvgIpc) is 3.01. The van der Waals surface area contributed by atoms with Gasteiger partial charge in [0.15, 0.2) is 0 Å². The molecule has 0 bridgehead atoms. The number of likely N-dealkylation sites (tertiary alicyclic amines) is 1. The van der Waals surface area contributed by atoms with Gasteiger partial charge in [0.05, 0.1) is 19.6 Å². The first kappa shape index (κ1) is 16.8. The summed E-state index contributed by atoms with van der Waals surface area (Å²) < 4.78 is 0. The molecule has 2 N–H and O–H groups in total. The summed E-state index contributed by atoms with van der Waals surface area (Å²) in [6.45, 7) is 7.03. The molecular formula is C18H30N3O+. The number of anilines is 1. The highest BCUT2D eigenvalue weighted by molar-refractivity contribution is 5.77. The Bertz CT molecular complexity index is 476. The number of hydrogen-bond acceptors (Lipinski definition) is 2. The standard InChI is InChI=1S/C18H29N3O/c1-14(2)18(22)19-13-17(21-11-5-6-12-21)15-7-9-16(10-8-15)20(3)4/h7-10,14,17H,5-6,11-13H2,1-4H3,(H,19,22)/p+1/t17-/m1/s1. The van der Waals surface area contributed by atoms with Gasteiger partial charge in [-0.3, -0.25) is 4.79 Å². The molecule has 0 unspecified atom stereocenters. The van der Waals surface area contributed by atoms with E-state index in [9.17, 15) is 4.79 Å². The lowest BCUT2D eigenvalue weighted by molar-refractivity contribution is -0.918. The van der Waals surface area contributed by atoms with Crippen LogP contribution >= 0.6 is 0 Å². The smallest absolute Gasteiger partial charge is 0.222 e. The van der Waals surface area contributed by atoms with E-state index >= 15 is 0 Å². The minimum atomic E-state index is 0.0466. The molecule has 2 rings (SSSR count).